The third-order valence-electron chi connectivity index (χ3n) is 5.05. The summed E-state index contributed by atoms with van der Waals surface area (Å²) in [7, 11) is -1.91. The van der Waals surface area contributed by atoms with E-state index in [1.165, 1.54) is 26.3 Å². The maximum Gasteiger partial charge on any atom is 0.319 e. The summed E-state index contributed by atoms with van der Waals surface area (Å²) in [6, 6.07) is 12.3. The summed E-state index contributed by atoms with van der Waals surface area (Å²) in [6.07, 6.45) is 3.60. The van der Waals surface area contributed by atoms with Crippen LogP contribution in [-0.2, 0) is 22.3 Å². The molecule has 2 aromatic rings. The van der Waals surface area contributed by atoms with Gasteiger partial charge in [0.25, 0.3) is 0 Å². The third-order valence-corrected chi connectivity index (χ3v) is 6.68. The molecule has 0 radical (unpaired) electrons. The SMILES string of the molecule is CNS(=O)(=O)Cc1ccc(CNC(=O)Nc2ccc(N3CCCCC3)c(Cl)c2)cc1. The van der Waals surface area contributed by atoms with Gasteiger partial charge in [-0.1, -0.05) is 35.9 Å². The maximum atomic E-state index is 12.2. The Labute approximate surface area is 182 Å². The normalized spacial score (nSPS) is 14.4. The van der Waals surface area contributed by atoms with Crippen LogP contribution in [0.1, 0.15) is 30.4 Å². The molecule has 0 aliphatic carbocycles. The first-order valence-electron chi connectivity index (χ1n) is 9.95. The lowest BCUT2D eigenvalue weighted by atomic mass is 10.1. The first-order valence-corrected chi connectivity index (χ1v) is 12.0. The van der Waals surface area contributed by atoms with E-state index in [1.54, 1.807) is 30.3 Å². The Morgan fingerprint density at radius 3 is 2.33 bits per heavy atom. The Morgan fingerprint density at radius 1 is 1.03 bits per heavy atom. The molecule has 1 aliphatic rings. The van der Waals surface area contributed by atoms with Gasteiger partial charge in [0.1, 0.15) is 0 Å². The minimum atomic E-state index is -3.30. The number of urea groups is 1. The van der Waals surface area contributed by atoms with Crippen molar-refractivity contribution in [3.05, 3.63) is 58.6 Å². The molecule has 2 amide bonds. The van der Waals surface area contributed by atoms with E-state index in [2.05, 4.69) is 20.3 Å². The number of nitrogens with zero attached hydrogens (tertiary/aromatic N) is 1. The molecule has 1 heterocycles. The van der Waals surface area contributed by atoms with Crippen LogP contribution in [0.4, 0.5) is 16.2 Å². The monoisotopic (exact) mass is 450 g/mol. The van der Waals surface area contributed by atoms with Gasteiger partial charge in [0, 0.05) is 25.3 Å². The fraction of sp³-hybridized carbons (Fsp3) is 0.381. The van der Waals surface area contributed by atoms with Gasteiger partial charge in [0.2, 0.25) is 10.0 Å². The minimum absolute atomic E-state index is 0.0775. The first kappa shape index (κ1) is 22.4. The van der Waals surface area contributed by atoms with Gasteiger partial charge in [-0.3, -0.25) is 0 Å². The predicted octanol–water partition coefficient (Wildman–Crippen LogP) is 3.70. The number of hydrogen-bond donors (Lipinski definition) is 3. The van der Waals surface area contributed by atoms with Gasteiger partial charge >= 0.3 is 6.03 Å². The molecule has 0 bridgehead atoms. The molecule has 3 N–H and O–H groups in total. The number of benzene rings is 2. The van der Waals surface area contributed by atoms with E-state index in [0.29, 0.717) is 22.8 Å². The maximum absolute atomic E-state index is 12.2. The van der Waals surface area contributed by atoms with Crippen molar-refractivity contribution in [3.8, 4) is 0 Å². The Morgan fingerprint density at radius 2 is 1.70 bits per heavy atom. The second-order valence-corrected chi connectivity index (χ2v) is 9.63. The summed E-state index contributed by atoms with van der Waals surface area (Å²) in [5.74, 6) is -0.0775. The molecule has 1 fully saturated rings. The zero-order valence-electron chi connectivity index (χ0n) is 16.9. The standard InChI is InChI=1S/C21H27ClN4O3S/c1-23-30(28,29)15-17-7-5-16(6-8-17)14-24-21(27)25-18-9-10-20(19(22)13-18)26-11-3-2-4-12-26/h5-10,13,23H,2-4,11-12,14-15H2,1H3,(H2,24,25,27). The van der Waals surface area contributed by atoms with Crippen molar-refractivity contribution in [1.29, 1.82) is 0 Å². The van der Waals surface area contributed by atoms with Crippen molar-refractivity contribution < 1.29 is 13.2 Å². The van der Waals surface area contributed by atoms with Crippen LogP contribution >= 0.6 is 11.6 Å². The topological polar surface area (TPSA) is 90.5 Å². The van der Waals surface area contributed by atoms with Gasteiger partial charge in [-0.05, 0) is 55.6 Å². The average Bonchev–Trinajstić information content (AvgIpc) is 2.74. The van der Waals surface area contributed by atoms with Crippen molar-refractivity contribution in [2.75, 3.05) is 30.4 Å². The molecule has 0 spiro atoms. The van der Waals surface area contributed by atoms with Crippen molar-refractivity contribution in [1.82, 2.24) is 10.0 Å². The number of carbonyl (C=O) groups is 1. The lowest BCUT2D eigenvalue weighted by molar-refractivity contribution is 0.251. The second-order valence-electron chi connectivity index (χ2n) is 7.30. The summed E-state index contributed by atoms with van der Waals surface area (Å²) in [5.41, 5.74) is 3.18. The largest absolute Gasteiger partial charge is 0.370 e. The number of amides is 2. The van der Waals surface area contributed by atoms with Crippen LogP contribution in [-0.4, -0.2) is 34.6 Å². The molecule has 2 aromatic carbocycles. The van der Waals surface area contributed by atoms with Gasteiger partial charge < -0.3 is 15.5 Å². The van der Waals surface area contributed by atoms with E-state index in [4.69, 9.17) is 11.6 Å². The van der Waals surface area contributed by atoms with E-state index in [0.717, 1.165) is 24.3 Å². The van der Waals surface area contributed by atoms with E-state index < -0.39 is 10.0 Å². The van der Waals surface area contributed by atoms with Gasteiger partial charge in [-0.15, -0.1) is 0 Å². The van der Waals surface area contributed by atoms with Crippen molar-refractivity contribution in [2.24, 2.45) is 0 Å². The Balaban J connectivity index is 1.51. The number of rotatable bonds is 7. The van der Waals surface area contributed by atoms with Crippen molar-refractivity contribution in [2.45, 2.75) is 31.6 Å². The van der Waals surface area contributed by atoms with E-state index in [1.807, 2.05) is 12.1 Å². The van der Waals surface area contributed by atoms with Crippen LogP contribution in [0.5, 0.6) is 0 Å². The number of nitrogens with one attached hydrogen (secondary N) is 3. The summed E-state index contributed by atoms with van der Waals surface area (Å²) in [6.45, 7) is 2.34. The van der Waals surface area contributed by atoms with E-state index in [-0.39, 0.29) is 11.8 Å². The molecule has 1 saturated heterocycles. The smallest absolute Gasteiger partial charge is 0.319 e. The second kappa shape index (κ2) is 10.1. The molecule has 0 aromatic heterocycles. The van der Waals surface area contributed by atoms with E-state index >= 15 is 0 Å². The van der Waals surface area contributed by atoms with Crippen LogP contribution in [0.2, 0.25) is 5.02 Å². The molecule has 0 saturated carbocycles. The van der Waals surface area contributed by atoms with Crippen LogP contribution in [0.25, 0.3) is 0 Å². The van der Waals surface area contributed by atoms with Gasteiger partial charge in [-0.2, -0.15) is 0 Å². The van der Waals surface area contributed by atoms with Crippen LogP contribution in [0, 0.1) is 0 Å². The predicted molar refractivity (Wildman–Crippen MR) is 121 cm³/mol. The van der Waals surface area contributed by atoms with Gasteiger partial charge in [0.15, 0.2) is 0 Å². The van der Waals surface area contributed by atoms with Crippen LogP contribution in [0.3, 0.4) is 0 Å². The third kappa shape index (κ3) is 6.35. The summed E-state index contributed by atoms with van der Waals surface area (Å²) in [4.78, 5) is 14.5. The zero-order valence-corrected chi connectivity index (χ0v) is 18.5. The van der Waals surface area contributed by atoms with Crippen LogP contribution < -0.4 is 20.3 Å². The molecule has 0 unspecified atom stereocenters. The number of carbonyl (C=O) groups excluding carboxylic acids is 1. The Hall–Kier alpha value is -2.29. The van der Waals surface area contributed by atoms with Crippen molar-refractivity contribution in [3.63, 3.8) is 0 Å². The highest BCUT2D eigenvalue weighted by Crippen LogP contribution is 2.30. The molecule has 30 heavy (non-hydrogen) atoms. The molecule has 9 heteroatoms. The fourth-order valence-electron chi connectivity index (χ4n) is 3.38. The first-order chi connectivity index (χ1) is 14.4. The number of hydrogen-bond acceptors (Lipinski definition) is 4. The molecule has 0 atom stereocenters. The number of anilines is 2. The molecule has 1 aliphatic heterocycles. The summed E-state index contributed by atoms with van der Waals surface area (Å²) < 4.78 is 25.5. The molecular weight excluding hydrogens is 424 g/mol. The zero-order chi connectivity index (χ0) is 21.6. The molecular formula is C21H27ClN4O3S. The van der Waals surface area contributed by atoms with Gasteiger partial charge in [-0.25, -0.2) is 17.9 Å². The highest BCUT2D eigenvalue weighted by atomic mass is 35.5. The quantitative estimate of drug-likeness (QED) is 0.599. The number of sulfonamides is 1. The number of halogens is 1. The van der Waals surface area contributed by atoms with Crippen molar-refractivity contribution >= 4 is 39.0 Å². The average molecular weight is 451 g/mol. The molecule has 162 valence electrons. The minimum Gasteiger partial charge on any atom is -0.370 e. The Bertz CT molecular complexity index is 974. The summed E-state index contributed by atoms with van der Waals surface area (Å²) >= 11 is 6.43. The van der Waals surface area contributed by atoms with Crippen LogP contribution in [0.15, 0.2) is 42.5 Å². The lowest BCUT2D eigenvalue weighted by Crippen LogP contribution is -2.30. The molecule has 3 rings (SSSR count). The highest BCUT2D eigenvalue weighted by Gasteiger charge is 2.14. The highest BCUT2D eigenvalue weighted by molar-refractivity contribution is 7.88. The van der Waals surface area contributed by atoms with E-state index in [9.17, 15) is 13.2 Å². The summed E-state index contributed by atoms with van der Waals surface area (Å²) in [5, 5.41) is 6.21. The van der Waals surface area contributed by atoms with Gasteiger partial charge in [0.05, 0.1) is 16.5 Å². The lowest BCUT2D eigenvalue weighted by Gasteiger charge is -2.29. The fourth-order valence-corrected chi connectivity index (χ4v) is 4.45. The number of piperidine rings is 1. The Kier molecular flexibility index (Phi) is 7.58. The molecule has 7 nitrogen and oxygen atoms in total.